The van der Waals surface area contributed by atoms with Gasteiger partial charge in [0.05, 0.1) is 18.8 Å². The topological polar surface area (TPSA) is 118 Å². The van der Waals surface area contributed by atoms with Crippen molar-refractivity contribution in [2.45, 2.75) is 32.4 Å². The molecule has 0 bridgehead atoms. The van der Waals surface area contributed by atoms with Gasteiger partial charge in [-0.05, 0) is 20.8 Å². The number of methoxy groups -OCH3 is 1. The first kappa shape index (κ1) is 13.4. The van der Waals surface area contributed by atoms with E-state index in [0.29, 0.717) is 0 Å². The van der Waals surface area contributed by atoms with Crippen molar-refractivity contribution in [1.82, 2.24) is 15.0 Å². The van der Waals surface area contributed by atoms with E-state index in [9.17, 15) is 5.11 Å². The minimum absolute atomic E-state index is 0.136. The Balaban J connectivity index is 2.98. The van der Waals surface area contributed by atoms with Gasteiger partial charge in [0.2, 0.25) is 11.9 Å². The quantitative estimate of drug-likeness (QED) is 0.412. The van der Waals surface area contributed by atoms with Crippen LogP contribution in [0.1, 0.15) is 20.8 Å². The van der Waals surface area contributed by atoms with Crippen molar-refractivity contribution in [3.05, 3.63) is 0 Å². The Morgan fingerprint density at radius 3 is 2.35 bits per heavy atom. The van der Waals surface area contributed by atoms with Gasteiger partial charge in [0.15, 0.2) is 0 Å². The average Bonchev–Trinajstić information content (AvgIpc) is 2.27. The third-order valence-electron chi connectivity index (χ3n) is 2.40. The molecule has 0 aliphatic heterocycles. The molecule has 0 radical (unpaired) electrons. The third kappa shape index (κ3) is 3.40. The molecule has 1 aromatic heterocycles. The fourth-order valence-electron chi connectivity index (χ4n) is 0.961. The first-order chi connectivity index (χ1) is 7.89. The number of nitrogen functional groups attached to an aromatic ring is 1. The van der Waals surface area contributed by atoms with Crippen molar-refractivity contribution >= 4 is 11.9 Å². The van der Waals surface area contributed by atoms with Crippen LogP contribution in [0.3, 0.4) is 0 Å². The monoisotopic (exact) mass is 242 g/mol. The molecule has 0 spiro atoms. The molecule has 1 rings (SSSR count). The highest BCUT2D eigenvalue weighted by Crippen LogP contribution is 2.17. The molecular formula is C9H18N6O2. The van der Waals surface area contributed by atoms with Crippen LogP contribution in [0.25, 0.3) is 0 Å². The smallest absolute Gasteiger partial charge is 0.322 e. The Hall–Kier alpha value is -1.67. The number of hydrazine groups is 1. The second-order valence-corrected chi connectivity index (χ2v) is 4.14. The predicted molar refractivity (Wildman–Crippen MR) is 63.6 cm³/mol. The Morgan fingerprint density at radius 1 is 1.29 bits per heavy atom. The van der Waals surface area contributed by atoms with Gasteiger partial charge in [-0.1, -0.05) is 0 Å². The number of anilines is 2. The van der Waals surface area contributed by atoms with Crippen LogP contribution in [0.15, 0.2) is 0 Å². The van der Waals surface area contributed by atoms with Crippen LogP contribution < -0.4 is 21.3 Å². The highest BCUT2D eigenvalue weighted by Gasteiger charge is 2.25. The van der Waals surface area contributed by atoms with Gasteiger partial charge < -0.3 is 15.2 Å². The van der Waals surface area contributed by atoms with Gasteiger partial charge in [-0.3, -0.25) is 5.43 Å². The van der Waals surface area contributed by atoms with Gasteiger partial charge in [-0.15, -0.1) is 0 Å². The number of aliphatic hydroxyl groups is 1. The number of nitrogens with zero attached hydrogens (tertiary/aromatic N) is 3. The van der Waals surface area contributed by atoms with Gasteiger partial charge in [0.1, 0.15) is 0 Å². The van der Waals surface area contributed by atoms with Crippen LogP contribution in [-0.4, -0.2) is 38.8 Å². The van der Waals surface area contributed by atoms with Gasteiger partial charge in [0.25, 0.3) is 0 Å². The van der Waals surface area contributed by atoms with Gasteiger partial charge in [-0.25, -0.2) is 5.84 Å². The molecule has 0 saturated heterocycles. The average molecular weight is 242 g/mol. The lowest BCUT2D eigenvalue weighted by atomic mass is 9.99. The van der Waals surface area contributed by atoms with Gasteiger partial charge in [0, 0.05) is 0 Å². The molecule has 1 heterocycles. The lowest BCUT2D eigenvalue weighted by molar-refractivity contribution is 0.132. The molecule has 0 aromatic carbocycles. The molecule has 1 atom stereocenters. The fourth-order valence-corrected chi connectivity index (χ4v) is 0.961. The predicted octanol–water partition coefficient (Wildman–Crippen LogP) is -0.263. The highest BCUT2D eigenvalue weighted by molar-refractivity contribution is 5.37. The number of rotatable bonds is 5. The Bertz CT molecular complexity index is 359. The standard InChI is InChI=1S/C9H18N6O2/c1-5(16)9(2,3)14-6-11-7(15-10)13-8(12-6)17-4/h5,16H,10H2,1-4H3,(H2,11,12,13,14,15). The molecule has 0 saturated carbocycles. The molecule has 5 N–H and O–H groups in total. The summed E-state index contributed by atoms with van der Waals surface area (Å²) in [6.45, 7) is 5.32. The maximum Gasteiger partial charge on any atom is 0.322 e. The number of hydrogen-bond donors (Lipinski definition) is 4. The van der Waals surface area contributed by atoms with Crippen molar-refractivity contribution in [3.63, 3.8) is 0 Å². The number of nitrogens with one attached hydrogen (secondary N) is 2. The van der Waals surface area contributed by atoms with Crippen LogP contribution in [-0.2, 0) is 0 Å². The largest absolute Gasteiger partial charge is 0.467 e. The van der Waals surface area contributed by atoms with E-state index in [1.807, 2.05) is 13.8 Å². The van der Waals surface area contributed by atoms with E-state index >= 15 is 0 Å². The minimum Gasteiger partial charge on any atom is -0.467 e. The van der Waals surface area contributed by atoms with E-state index in [-0.39, 0.29) is 17.9 Å². The molecule has 0 amide bonds. The summed E-state index contributed by atoms with van der Waals surface area (Å²) in [5.74, 6) is 5.69. The number of aliphatic hydroxyl groups excluding tert-OH is 1. The minimum atomic E-state index is -0.585. The maximum atomic E-state index is 9.59. The first-order valence-electron chi connectivity index (χ1n) is 5.12. The highest BCUT2D eigenvalue weighted by atomic mass is 16.5. The van der Waals surface area contributed by atoms with Crippen molar-refractivity contribution < 1.29 is 9.84 Å². The second-order valence-electron chi connectivity index (χ2n) is 4.14. The second kappa shape index (κ2) is 5.11. The molecule has 17 heavy (non-hydrogen) atoms. The van der Waals surface area contributed by atoms with Crippen LogP contribution in [0.2, 0.25) is 0 Å². The summed E-state index contributed by atoms with van der Waals surface area (Å²) in [6.07, 6.45) is -0.584. The Labute approximate surface area is 99.6 Å². The summed E-state index contributed by atoms with van der Waals surface area (Å²) in [5, 5.41) is 12.6. The van der Waals surface area contributed by atoms with Crippen molar-refractivity contribution in [1.29, 1.82) is 0 Å². The Kier molecular flexibility index (Phi) is 4.02. The van der Waals surface area contributed by atoms with Crippen LogP contribution in [0, 0.1) is 0 Å². The maximum absolute atomic E-state index is 9.59. The van der Waals surface area contributed by atoms with Gasteiger partial charge in [-0.2, -0.15) is 15.0 Å². The van der Waals surface area contributed by atoms with Crippen molar-refractivity contribution in [3.8, 4) is 6.01 Å². The lowest BCUT2D eigenvalue weighted by Crippen LogP contribution is -2.42. The zero-order chi connectivity index (χ0) is 13.1. The molecule has 96 valence electrons. The number of aromatic nitrogens is 3. The fraction of sp³-hybridized carbons (Fsp3) is 0.667. The molecular weight excluding hydrogens is 224 g/mol. The normalized spacial score (nSPS) is 13.1. The number of ether oxygens (including phenoxy) is 1. The number of nitrogens with two attached hydrogens (primary N) is 1. The van der Waals surface area contributed by atoms with E-state index in [4.69, 9.17) is 10.6 Å². The SMILES string of the molecule is COc1nc(NN)nc(NC(C)(C)C(C)O)n1. The first-order valence-corrected chi connectivity index (χ1v) is 5.12. The summed E-state index contributed by atoms with van der Waals surface area (Å²) < 4.78 is 4.91. The molecule has 0 fully saturated rings. The zero-order valence-corrected chi connectivity index (χ0v) is 10.4. The van der Waals surface area contributed by atoms with Gasteiger partial charge >= 0.3 is 6.01 Å². The van der Waals surface area contributed by atoms with E-state index < -0.39 is 11.6 Å². The number of hydrogen-bond acceptors (Lipinski definition) is 8. The summed E-state index contributed by atoms with van der Waals surface area (Å²) in [4.78, 5) is 11.9. The van der Waals surface area contributed by atoms with Crippen molar-refractivity contribution in [2.75, 3.05) is 17.9 Å². The van der Waals surface area contributed by atoms with E-state index in [0.717, 1.165) is 0 Å². The zero-order valence-electron chi connectivity index (χ0n) is 10.4. The summed E-state index contributed by atoms with van der Waals surface area (Å²) >= 11 is 0. The van der Waals surface area contributed by atoms with E-state index in [1.54, 1.807) is 6.92 Å². The molecule has 1 unspecified atom stereocenters. The lowest BCUT2D eigenvalue weighted by Gasteiger charge is -2.29. The molecule has 0 aliphatic carbocycles. The summed E-state index contributed by atoms with van der Waals surface area (Å²) in [5.41, 5.74) is 1.73. The summed E-state index contributed by atoms with van der Waals surface area (Å²) in [6, 6.07) is 0.136. The van der Waals surface area contributed by atoms with Crippen LogP contribution in [0.5, 0.6) is 6.01 Å². The van der Waals surface area contributed by atoms with E-state index in [2.05, 4.69) is 25.7 Å². The molecule has 8 nitrogen and oxygen atoms in total. The third-order valence-corrected chi connectivity index (χ3v) is 2.40. The van der Waals surface area contributed by atoms with Crippen LogP contribution in [0.4, 0.5) is 11.9 Å². The molecule has 1 aromatic rings. The van der Waals surface area contributed by atoms with Crippen LogP contribution >= 0.6 is 0 Å². The van der Waals surface area contributed by atoms with E-state index in [1.165, 1.54) is 7.11 Å². The molecule has 0 aliphatic rings. The van der Waals surface area contributed by atoms with Crippen molar-refractivity contribution in [2.24, 2.45) is 5.84 Å². The Morgan fingerprint density at radius 2 is 1.88 bits per heavy atom. The summed E-state index contributed by atoms with van der Waals surface area (Å²) in [7, 11) is 1.44. The molecule has 8 heteroatoms.